The molecule has 6 heteroatoms. The third-order valence-electron chi connectivity index (χ3n) is 5.52. The van der Waals surface area contributed by atoms with Gasteiger partial charge in [0.05, 0.1) is 13.2 Å². The molecular weight excluding hydrogens is 357 g/mol. The molecule has 0 bridgehead atoms. The van der Waals surface area contributed by atoms with Crippen LogP contribution in [0.3, 0.4) is 0 Å². The van der Waals surface area contributed by atoms with Gasteiger partial charge in [-0.05, 0) is 37.8 Å². The fourth-order valence-electron chi connectivity index (χ4n) is 3.90. The first-order chi connectivity index (χ1) is 13.0. The maximum atomic E-state index is 15.0. The van der Waals surface area contributed by atoms with E-state index in [-0.39, 0.29) is 17.6 Å². The van der Waals surface area contributed by atoms with Gasteiger partial charge in [-0.2, -0.15) is 0 Å². The van der Waals surface area contributed by atoms with Crippen molar-refractivity contribution in [3.8, 4) is 0 Å². The highest BCUT2D eigenvalue weighted by molar-refractivity contribution is 5.77. The Morgan fingerprint density at radius 3 is 2.48 bits per heavy atom. The molecule has 1 aromatic rings. The number of allylic oxidation sites excluding steroid dienone is 2. The fraction of sp³-hybridized carbons (Fsp3) is 0.524. The summed E-state index contributed by atoms with van der Waals surface area (Å²) in [6.45, 7) is 3.29. The zero-order valence-corrected chi connectivity index (χ0v) is 15.2. The van der Waals surface area contributed by atoms with Crippen LogP contribution < -0.4 is 0 Å². The van der Waals surface area contributed by atoms with Crippen LogP contribution in [0, 0.1) is 23.5 Å². The van der Waals surface area contributed by atoms with Gasteiger partial charge in [0.2, 0.25) is 0 Å². The third kappa shape index (κ3) is 3.58. The standard InChI is InChI=1S/C21H23F3O3/c1-2-27-21(20-25-11-14(12-26-20)13-6-7-13)9-8-15(18(23)10-21)16-4-3-5-17(22)19(16)24/h3-5,8-9,13-14,20H,2,6-7,10-12H2,1H3/t14-,20-,21?. The van der Waals surface area contributed by atoms with E-state index in [4.69, 9.17) is 14.2 Å². The zero-order chi connectivity index (χ0) is 19.0. The van der Waals surface area contributed by atoms with Crippen LogP contribution in [0.4, 0.5) is 13.2 Å². The van der Waals surface area contributed by atoms with Gasteiger partial charge in [-0.15, -0.1) is 0 Å². The quantitative estimate of drug-likeness (QED) is 0.736. The van der Waals surface area contributed by atoms with E-state index in [2.05, 4.69) is 0 Å². The lowest BCUT2D eigenvalue weighted by molar-refractivity contribution is -0.274. The second-order valence-corrected chi connectivity index (χ2v) is 7.41. The second-order valence-electron chi connectivity index (χ2n) is 7.41. The molecule has 146 valence electrons. The van der Waals surface area contributed by atoms with Gasteiger partial charge < -0.3 is 14.2 Å². The van der Waals surface area contributed by atoms with Crippen molar-refractivity contribution in [2.45, 2.75) is 38.1 Å². The van der Waals surface area contributed by atoms with Crippen LogP contribution in [0.5, 0.6) is 0 Å². The second kappa shape index (κ2) is 7.41. The Balaban J connectivity index is 1.56. The van der Waals surface area contributed by atoms with Gasteiger partial charge in [-0.25, -0.2) is 13.2 Å². The molecule has 1 saturated carbocycles. The van der Waals surface area contributed by atoms with E-state index in [0.717, 1.165) is 6.07 Å². The number of hydrogen-bond acceptors (Lipinski definition) is 3. The van der Waals surface area contributed by atoms with Crippen molar-refractivity contribution in [2.75, 3.05) is 19.8 Å². The lowest BCUT2D eigenvalue weighted by atomic mass is 9.87. The third-order valence-corrected chi connectivity index (χ3v) is 5.52. The van der Waals surface area contributed by atoms with E-state index < -0.39 is 29.4 Å². The summed E-state index contributed by atoms with van der Waals surface area (Å²) in [5, 5.41) is 0. The first-order valence-corrected chi connectivity index (χ1v) is 9.43. The van der Waals surface area contributed by atoms with Gasteiger partial charge >= 0.3 is 0 Å². The molecule has 3 aliphatic rings. The van der Waals surface area contributed by atoms with Gasteiger partial charge in [-0.1, -0.05) is 18.2 Å². The fourth-order valence-corrected chi connectivity index (χ4v) is 3.90. The minimum Gasteiger partial charge on any atom is -0.365 e. The normalized spacial score (nSPS) is 31.4. The van der Waals surface area contributed by atoms with Crippen LogP contribution in [-0.2, 0) is 14.2 Å². The zero-order valence-electron chi connectivity index (χ0n) is 15.2. The monoisotopic (exact) mass is 380 g/mol. The Kier molecular flexibility index (Phi) is 5.14. The molecule has 1 unspecified atom stereocenters. The van der Waals surface area contributed by atoms with E-state index in [0.29, 0.717) is 31.7 Å². The SMILES string of the molecule is CCOC1([C@H]2OC[C@H](C3CC3)CO2)C=CC(c2cccc(F)c2F)=C(F)C1. The van der Waals surface area contributed by atoms with Crippen LogP contribution in [0.1, 0.15) is 31.7 Å². The van der Waals surface area contributed by atoms with Crippen molar-refractivity contribution >= 4 is 5.57 Å². The number of rotatable bonds is 5. The van der Waals surface area contributed by atoms with Crippen molar-refractivity contribution in [3.05, 3.63) is 53.4 Å². The van der Waals surface area contributed by atoms with Crippen molar-refractivity contribution < 1.29 is 27.4 Å². The van der Waals surface area contributed by atoms with Gasteiger partial charge in [0.1, 0.15) is 11.4 Å². The number of benzene rings is 1. The molecule has 0 N–H and O–H groups in total. The Labute approximate surface area is 156 Å². The summed E-state index contributed by atoms with van der Waals surface area (Å²) in [5.41, 5.74) is -1.19. The molecule has 1 atom stereocenters. The van der Waals surface area contributed by atoms with E-state index in [1.807, 2.05) is 6.92 Å². The molecule has 0 spiro atoms. The van der Waals surface area contributed by atoms with E-state index >= 15 is 0 Å². The highest BCUT2D eigenvalue weighted by Gasteiger charge is 2.46. The molecule has 3 nitrogen and oxygen atoms in total. The topological polar surface area (TPSA) is 27.7 Å². The molecule has 0 aromatic heterocycles. The predicted molar refractivity (Wildman–Crippen MR) is 94.4 cm³/mol. The van der Waals surface area contributed by atoms with Crippen LogP contribution in [-0.4, -0.2) is 31.7 Å². The molecule has 2 fully saturated rings. The number of halogens is 3. The van der Waals surface area contributed by atoms with Crippen LogP contribution in [0.25, 0.3) is 5.57 Å². The maximum Gasteiger partial charge on any atom is 0.190 e. The molecule has 27 heavy (non-hydrogen) atoms. The van der Waals surface area contributed by atoms with E-state index in [1.165, 1.54) is 31.1 Å². The first-order valence-electron chi connectivity index (χ1n) is 9.43. The summed E-state index contributed by atoms with van der Waals surface area (Å²) >= 11 is 0. The van der Waals surface area contributed by atoms with E-state index in [1.54, 1.807) is 6.08 Å². The minimum absolute atomic E-state index is 0.0222. The molecule has 4 rings (SSSR count). The van der Waals surface area contributed by atoms with Crippen molar-refractivity contribution in [1.82, 2.24) is 0 Å². The Morgan fingerprint density at radius 1 is 1.11 bits per heavy atom. The smallest absolute Gasteiger partial charge is 0.190 e. The highest BCUT2D eigenvalue weighted by atomic mass is 19.2. The molecule has 0 radical (unpaired) electrons. The highest BCUT2D eigenvalue weighted by Crippen LogP contribution is 2.43. The Bertz CT molecular complexity index is 764. The summed E-state index contributed by atoms with van der Waals surface area (Å²) in [6, 6.07) is 3.73. The number of hydrogen-bond donors (Lipinski definition) is 0. The van der Waals surface area contributed by atoms with Crippen molar-refractivity contribution in [1.29, 1.82) is 0 Å². The molecule has 0 amide bonds. The number of ether oxygens (including phenoxy) is 3. The molecular formula is C21H23F3O3. The van der Waals surface area contributed by atoms with Gasteiger partial charge in [0, 0.05) is 30.1 Å². The summed E-state index contributed by atoms with van der Waals surface area (Å²) in [7, 11) is 0. The average Bonchev–Trinajstić information content (AvgIpc) is 3.50. The van der Waals surface area contributed by atoms with Crippen LogP contribution >= 0.6 is 0 Å². The average molecular weight is 380 g/mol. The van der Waals surface area contributed by atoms with Crippen LogP contribution in [0.15, 0.2) is 36.2 Å². The van der Waals surface area contributed by atoms with Crippen molar-refractivity contribution in [2.24, 2.45) is 11.8 Å². The molecule has 1 aromatic carbocycles. The Hall–Kier alpha value is -1.63. The Morgan fingerprint density at radius 2 is 1.85 bits per heavy atom. The molecule has 2 aliphatic carbocycles. The largest absolute Gasteiger partial charge is 0.365 e. The first kappa shape index (κ1) is 18.7. The summed E-state index contributed by atoms with van der Waals surface area (Å²) in [6.07, 6.45) is 4.62. The molecule has 1 heterocycles. The van der Waals surface area contributed by atoms with Crippen LogP contribution in [0.2, 0.25) is 0 Å². The van der Waals surface area contributed by atoms with Gasteiger partial charge in [-0.3, -0.25) is 0 Å². The van der Waals surface area contributed by atoms with Gasteiger partial charge in [0.25, 0.3) is 0 Å². The summed E-state index contributed by atoms with van der Waals surface area (Å²) < 4.78 is 60.2. The lowest BCUT2D eigenvalue weighted by Crippen LogP contribution is -2.51. The van der Waals surface area contributed by atoms with Crippen molar-refractivity contribution in [3.63, 3.8) is 0 Å². The van der Waals surface area contributed by atoms with E-state index in [9.17, 15) is 13.2 Å². The summed E-state index contributed by atoms with van der Waals surface area (Å²) in [4.78, 5) is 0. The van der Waals surface area contributed by atoms with Gasteiger partial charge in [0.15, 0.2) is 17.9 Å². The minimum atomic E-state index is -1.11. The molecule has 1 aliphatic heterocycles. The molecule has 1 saturated heterocycles. The lowest BCUT2D eigenvalue weighted by Gasteiger charge is -2.42. The predicted octanol–water partition coefficient (Wildman–Crippen LogP) is 4.78. The maximum absolute atomic E-state index is 15.0. The summed E-state index contributed by atoms with van der Waals surface area (Å²) in [5.74, 6) is -1.60.